The van der Waals surface area contributed by atoms with Gasteiger partial charge in [-0.15, -0.1) is 23.2 Å². The molecule has 0 atom stereocenters. The van der Waals surface area contributed by atoms with Crippen molar-refractivity contribution < 1.29 is 17.9 Å². The Hall–Kier alpha value is 0.330. The monoisotopic (exact) mass is 224 g/mol. The van der Waals surface area contributed by atoms with E-state index in [1.54, 1.807) is 0 Å². The molecule has 1 nitrogen and oxygen atoms in total. The summed E-state index contributed by atoms with van der Waals surface area (Å²) >= 11 is 10.7. The van der Waals surface area contributed by atoms with Gasteiger partial charge in [-0.05, 0) is 0 Å². The predicted molar refractivity (Wildman–Crippen MR) is 41.8 cm³/mol. The molecule has 0 saturated heterocycles. The van der Waals surface area contributed by atoms with Crippen LogP contribution in [0, 0.1) is 5.92 Å². The average Bonchev–Trinajstić information content (AvgIpc) is 1.96. The fourth-order valence-electron chi connectivity index (χ4n) is 0.472. The molecule has 0 unspecified atom stereocenters. The lowest BCUT2D eigenvalue weighted by atomic mass is 10.2. The number of hydrogen-bond acceptors (Lipinski definition) is 1. The van der Waals surface area contributed by atoms with Gasteiger partial charge in [-0.3, -0.25) is 0 Å². The molecule has 0 bridgehead atoms. The first-order valence-corrected chi connectivity index (χ1v) is 4.33. The molecule has 0 amide bonds. The van der Waals surface area contributed by atoms with Crippen molar-refractivity contribution in [3.63, 3.8) is 0 Å². The van der Waals surface area contributed by atoms with E-state index in [1.165, 1.54) is 0 Å². The minimum Gasteiger partial charge on any atom is -0.372 e. The van der Waals surface area contributed by atoms with Crippen molar-refractivity contribution in [3.05, 3.63) is 0 Å². The molecule has 0 rings (SSSR count). The third-order valence-electron chi connectivity index (χ3n) is 1.06. The third kappa shape index (κ3) is 7.00. The van der Waals surface area contributed by atoms with Crippen LogP contribution in [0.5, 0.6) is 0 Å². The normalized spacial score (nSPS) is 12.5. The summed E-state index contributed by atoms with van der Waals surface area (Å²) in [5.74, 6) is 0.207. The molecule has 0 aliphatic carbocycles. The van der Waals surface area contributed by atoms with Gasteiger partial charge >= 0.3 is 6.18 Å². The molecule has 0 N–H and O–H groups in total. The molecule has 6 heteroatoms. The number of hydrogen-bond donors (Lipinski definition) is 0. The molecule has 0 aliphatic rings. The number of halogens is 5. The Kier molecular flexibility index (Phi) is 6.05. The maximum atomic E-state index is 11.5. The van der Waals surface area contributed by atoms with Gasteiger partial charge in [0.25, 0.3) is 0 Å². The van der Waals surface area contributed by atoms with E-state index in [0.717, 1.165) is 0 Å². The summed E-state index contributed by atoms with van der Waals surface area (Å²) in [5.41, 5.74) is 0. The van der Waals surface area contributed by atoms with E-state index >= 15 is 0 Å². The van der Waals surface area contributed by atoms with E-state index in [2.05, 4.69) is 4.74 Å². The Morgan fingerprint density at radius 3 is 2.00 bits per heavy atom. The largest absolute Gasteiger partial charge is 0.411 e. The smallest absolute Gasteiger partial charge is 0.372 e. The summed E-state index contributed by atoms with van der Waals surface area (Å²) in [7, 11) is 0. The summed E-state index contributed by atoms with van der Waals surface area (Å²) < 4.78 is 38.9. The summed E-state index contributed by atoms with van der Waals surface area (Å²) in [4.78, 5) is 0. The topological polar surface area (TPSA) is 9.23 Å². The zero-order valence-corrected chi connectivity index (χ0v) is 7.72. The summed E-state index contributed by atoms with van der Waals surface area (Å²) in [6.45, 7) is -1.29. The molecule has 0 radical (unpaired) electrons. The van der Waals surface area contributed by atoms with Crippen LogP contribution in [0.2, 0.25) is 0 Å². The third-order valence-corrected chi connectivity index (χ3v) is 1.93. The van der Waals surface area contributed by atoms with Crippen LogP contribution in [-0.2, 0) is 4.74 Å². The van der Waals surface area contributed by atoms with Crippen LogP contribution in [0.25, 0.3) is 0 Å². The molecule has 0 saturated carbocycles. The first-order chi connectivity index (χ1) is 5.49. The van der Waals surface area contributed by atoms with E-state index in [9.17, 15) is 13.2 Å². The Morgan fingerprint density at radius 1 is 1.17 bits per heavy atom. The minimum absolute atomic E-state index is 0.0491. The van der Waals surface area contributed by atoms with E-state index < -0.39 is 12.8 Å². The quantitative estimate of drug-likeness (QED) is 0.653. The number of rotatable bonds is 5. The van der Waals surface area contributed by atoms with Crippen LogP contribution in [0.15, 0.2) is 0 Å². The second-order valence-corrected chi connectivity index (χ2v) is 2.92. The Balaban J connectivity index is 3.41. The zero-order chi connectivity index (χ0) is 9.61. The predicted octanol–water partition coefficient (Wildman–Crippen LogP) is 2.66. The molecule has 0 aliphatic heterocycles. The summed E-state index contributed by atoms with van der Waals surface area (Å²) in [6.07, 6.45) is -4.27. The van der Waals surface area contributed by atoms with Crippen molar-refractivity contribution in [2.75, 3.05) is 25.0 Å². The molecule has 0 fully saturated rings. The lowest BCUT2D eigenvalue weighted by Crippen LogP contribution is -2.21. The standard InChI is InChI=1S/C6H9Cl2F3O/c7-1-5(2-8)3-12-4-6(9,10)11/h5H,1-4H2. The van der Waals surface area contributed by atoms with E-state index in [-0.39, 0.29) is 24.3 Å². The first kappa shape index (κ1) is 12.3. The molecule has 0 spiro atoms. The highest BCUT2D eigenvalue weighted by Crippen LogP contribution is 2.15. The van der Waals surface area contributed by atoms with Crippen LogP contribution in [-0.4, -0.2) is 31.2 Å². The highest BCUT2D eigenvalue weighted by Gasteiger charge is 2.27. The van der Waals surface area contributed by atoms with Gasteiger partial charge in [0.1, 0.15) is 6.61 Å². The Morgan fingerprint density at radius 2 is 1.67 bits per heavy atom. The lowest BCUT2D eigenvalue weighted by molar-refractivity contribution is -0.175. The van der Waals surface area contributed by atoms with Gasteiger partial charge in [-0.25, -0.2) is 0 Å². The van der Waals surface area contributed by atoms with Crippen LogP contribution < -0.4 is 0 Å². The van der Waals surface area contributed by atoms with Crippen molar-refractivity contribution in [3.8, 4) is 0 Å². The van der Waals surface area contributed by atoms with Gasteiger partial charge in [-0.2, -0.15) is 13.2 Å². The van der Waals surface area contributed by atoms with Crippen molar-refractivity contribution in [2.45, 2.75) is 6.18 Å². The van der Waals surface area contributed by atoms with Crippen LogP contribution in [0.3, 0.4) is 0 Å². The minimum atomic E-state index is -4.27. The first-order valence-electron chi connectivity index (χ1n) is 3.26. The molecular weight excluding hydrogens is 216 g/mol. The van der Waals surface area contributed by atoms with Crippen LogP contribution >= 0.6 is 23.2 Å². The second-order valence-electron chi connectivity index (χ2n) is 2.30. The van der Waals surface area contributed by atoms with E-state index in [4.69, 9.17) is 23.2 Å². The second kappa shape index (κ2) is 5.89. The number of ether oxygens (including phenoxy) is 1. The fraction of sp³-hybridized carbons (Fsp3) is 1.00. The SMILES string of the molecule is FC(F)(F)COCC(CCl)CCl. The van der Waals surface area contributed by atoms with Gasteiger partial charge in [0.15, 0.2) is 0 Å². The highest BCUT2D eigenvalue weighted by atomic mass is 35.5. The van der Waals surface area contributed by atoms with Gasteiger partial charge in [0.05, 0.1) is 6.61 Å². The molecule has 74 valence electrons. The molecule has 0 aromatic rings. The van der Waals surface area contributed by atoms with Gasteiger partial charge in [0, 0.05) is 17.7 Å². The van der Waals surface area contributed by atoms with Crippen molar-refractivity contribution in [1.29, 1.82) is 0 Å². The van der Waals surface area contributed by atoms with Gasteiger partial charge < -0.3 is 4.74 Å². The Labute approximate surface area is 78.8 Å². The average molecular weight is 225 g/mol. The Bertz CT molecular complexity index is 114. The summed E-state index contributed by atoms with van der Waals surface area (Å²) in [5, 5.41) is 0. The van der Waals surface area contributed by atoms with Crippen molar-refractivity contribution in [2.24, 2.45) is 5.92 Å². The lowest BCUT2D eigenvalue weighted by Gasteiger charge is -2.11. The molecule has 0 aromatic heterocycles. The fourth-order valence-corrected chi connectivity index (χ4v) is 0.980. The molecular formula is C6H9Cl2F3O. The maximum Gasteiger partial charge on any atom is 0.411 e. The maximum absolute atomic E-state index is 11.5. The molecule has 12 heavy (non-hydrogen) atoms. The van der Waals surface area contributed by atoms with Gasteiger partial charge in [-0.1, -0.05) is 0 Å². The summed E-state index contributed by atoms with van der Waals surface area (Å²) in [6, 6.07) is 0. The van der Waals surface area contributed by atoms with Gasteiger partial charge in [0.2, 0.25) is 0 Å². The van der Waals surface area contributed by atoms with E-state index in [1.807, 2.05) is 0 Å². The van der Waals surface area contributed by atoms with Crippen LogP contribution in [0.1, 0.15) is 0 Å². The highest BCUT2D eigenvalue weighted by molar-refractivity contribution is 6.20. The number of alkyl halides is 5. The van der Waals surface area contributed by atoms with E-state index in [0.29, 0.717) is 0 Å². The van der Waals surface area contributed by atoms with Crippen LogP contribution in [0.4, 0.5) is 13.2 Å². The van der Waals surface area contributed by atoms with Crippen molar-refractivity contribution in [1.82, 2.24) is 0 Å². The zero-order valence-electron chi connectivity index (χ0n) is 6.20. The molecule has 0 heterocycles. The molecule has 0 aromatic carbocycles. The van der Waals surface area contributed by atoms with Crippen molar-refractivity contribution >= 4 is 23.2 Å².